The van der Waals surface area contributed by atoms with Crippen LogP contribution in [0, 0.1) is 95.1 Å². The van der Waals surface area contributed by atoms with Gasteiger partial charge in [0.1, 0.15) is 87.5 Å². The summed E-state index contributed by atoms with van der Waals surface area (Å²) in [5.41, 5.74) is 20.5. The van der Waals surface area contributed by atoms with Crippen LogP contribution in [0.25, 0.3) is 72.3 Å². The molecule has 0 radical (unpaired) electrons. The normalized spacial score (nSPS) is 13.1. The maximum atomic E-state index is 15.2. The summed E-state index contributed by atoms with van der Waals surface area (Å²) < 4.78 is 193. The summed E-state index contributed by atoms with van der Waals surface area (Å²) in [6.07, 6.45) is 1.53. The van der Waals surface area contributed by atoms with Crippen molar-refractivity contribution in [2.75, 3.05) is 23.9 Å². The summed E-state index contributed by atoms with van der Waals surface area (Å²) in [6, 6.07) is 52.5. The van der Waals surface area contributed by atoms with E-state index in [0.29, 0.717) is 75.9 Å². The van der Waals surface area contributed by atoms with Crippen molar-refractivity contribution in [3.63, 3.8) is 0 Å². The number of non-ortho nitro benzene ring substituents is 1. The van der Waals surface area contributed by atoms with E-state index in [4.69, 9.17) is 16.6 Å². The van der Waals surface area contributed by atoms with Crippen LogP contribution in [0.5, 0.6) is 0 Å². The highest BCUT2D eigenvalue weighted by Crippen LogP contribution is 2.51. The van der Waals surface area contributed by atoms with Gasteiger partial charge in [-0.3, -0.25) is 24.5 Å². The average Bonchev–Trinajstić information content (AvgIpc) is 1.59. The van der Waals surface area contributed by atoms with Crippen molar-refractivity contribution in [3.8, 4) is 66.8 Å². The van der Waals surface area contributed by atoms with Gasteiger partial charge in [-0.05, 0) is 273 Å². The van der Waals surface area contributed by atoms with E-state index in [0.717, 1.165) is 82.9 Å². The molecule has 0 saturated heterocycles. The van der Waals surface area contributed by atoms with Crippen molar-refractivity contribution < 1.29 is 105 Å². The number of ether oxygens (including phenoxy) is 1. The Bertz CT molecular complexity index is 6990. The van der Waals surface area contributed by atoms with Crippen LogP contribution in [0.2, 0.25) is 0 Å². The van der Waals surface area contributed by atoms with Crippen LogP contribution in [0.3, 0.4) is 0 Å². The van der Waals surface area contributed by atoms with Gasteiger partial charge in [0.05, 0.1) is 34.8 Å². The first kappa shape index (κ1) is 91.5. The van der Waals surface area contributed by atoms with E-state index < -0.39 is 92.6 Å². The SMILES string of the molecule is CC1=CC(C)(C)Nc2cc3c(c(F)c21)-c1ccc(F)cc1C3O.COC(=O)c1cc(F)ccc1Br.Fc1ccccc1I.Nc1cc(F)c2c(c1)C(=O)c1cc(F)ccc1-2.Nc1cc(F)c2c(c1)Cc1cc(F)ccc1-2.O=C(O)c1cc(F)ccc1-c1ccccc1F.O=C1c2cc(F)ccc2-c2c(F)cc([N+](=O)[O-])cc21.O=C1c2cc(F)ccc2-c2c(F)cccc21. The zero-order valence-electron chi connectivity index (χ0n) is 66.7. The van der Waals surface area contributed by atoms with Crippen LogP contribution < -0.4 is 16.8 Å². The number of hydrogen-bond donors (Lipinski definition) is 5. The summed E-state index contributed by atoms with van der Waals surface area (Å²) in [5, 5.41) is 33.4. The van der Waals surface area contributed by atoms with Crippen LogP contribution in [-0.2, 0) is 11.2 Å². The van der Waals surface area contributed by atoms with Gasteiger partial charge in [-0.25, -0.2) is 71.1 Å². The zero-order chi connectivity index (χ0) is 92.5. The maximum absolute atomic E-state index is 15.2. The number of nitro groups is 1. The number of allylic oxidation sites excluding steroid dienone is 1. The van der Waals surface area contributed by atoms with Crippen LogP contribution >= 0.6 is 38.5 Å². The van der Waals surface area contributed by atoms with Gasteiger partial charge in [-0.15, -0.1) is 0 Å². The van der Waals surface area contributed by atoms with Gasteiger partial charge in [-0.1, -0.05) is 84.9 Å². The van der Waals surface area contributed by atoms with Crippen molar-refractivity contribution >= 4 is 96.1 Å². The Balaban J connectivity index is 0.000000127. The highest BCUT2D eigenvalue weighted by Gasteiger charge is 2.38. The second-order valence-electron chi connectivity index (χ2n) is 29.7. The van der Waals surface area contributed by atoms with Crippen LogP contribution in [0.4, 0.5) is 84.2 Å². The Kier molecular flexibility index (Phi) is 26.8. The molecule has 0 bridgehead atoms. The highest BCUT2D eigenvalue weighted by molar-refractivity contribution is 14.1. The monoisotopic (exact) mass is 1930 g/mol. The minimum Gasteiger partial charge on any atom is -0.478 e. The number of nitrogens with one attached hydrogen (secondary N) is 1. The fraction of sp³-hybridized carbons (Fsp3) is 0.0714. The fourth-order valence-electron chi connectivity index (χ4n) is 15.3. The molecule has 646 valence electrons. The Morgan fingerprint density at radius 2 is 0.898 bits per heavy atom. The summed E-state index contributed by atoms with van der Waals surface area (Å²) in [7, 11) is 1.25. The van der Waals surface area contributed by atoms with Gasteiger partial charge in [0.15, 0.2) is 17.3 Å². The molecule has 7 N–H and O–H groups in total. The van der Waals surface area contributed by atoms with Crippen molar-refractivity contribution in [1.29, 1.82) is 0 Å². The maximum Gasteiger partial charge on any atom is 0.339 e. The summed E-state index contributed by atoms with van der Waals surface area (Å²) >= 11 is 5.05. The topological polar surface area (TPSA) is 242 Å². The molecule has 1 aliphatic heterocycles. The second kappa shape index (κ2) is 37.5. The second-order valence-corrected chi connectivity index (χ2v) is 31.7. The van der Waals surface area contributed by atoms with Crippen molar-refractivity contribution in [1.82, 2.24) is 0 Å². The molecule has 0 aromatic heterocycles. The van der Waals surface area contributed by atoms with Gasteiger partial charge >= 0.3 is 11.9 Å². The lowest BCUT2D eigenvalue weighted by atomic mass is 9.88. The molecule has 0 amide bonds. The molecular weight excluding hydrogens is 1870 g/mol. The van der Waals surface area contributed by atoms with Gasteiger partial charge in [0.25, 0.3) is 5.69 Å². The number of carboxylic acid groups (broad SMARTS) is 1. The van der Waals surface area contributed by atoms with Gasteiger partial charge in [0, 0.05) is 103 Å². The molecule has 14 aromatic carbocycles. The van der Waals surface area contributed by atoms with E-state index in [2.05, 4.69) is 26.0 Å². The summed E-state index contributed by atoms with van der Waals surface area (Å²) in [6.45, 7) is 5.89. The number of carbonyl (C=O) groups excluding carboxylic acids is 4. The molecule has 5 aliphatic carbocycles. The number of aliphatic hydroxyl groups is 1. The quantitative estimate of drug-likeness (QED) is 0.0275. The third-order valence-corrected chi connectivity index (χ3v) is 22.2. The molecule has 14 aromatic rings. The van der Waals surface area contributed by atoms with E-state index in [1.165, 1.54) is 135 Å². The van der Waals surface area contributed by atoms with Crippen LogP contribution in [0.15, 0.2) is 247 Å². The van der Waals surface area contributed by atoms with E-state index in [-0.39, 0.29) is 118 Å². The zero-order valence-corrected chi connectivity index (χ0v) is 70.4. The fourth-order valence-corrected chi connectivity index (χ4v) is 16.1. The molecule has 0 fully saturated rings. The number of nitro benzene ring substituents is 1. The predicted molar refractivity (Wildman–Crippen MR) is 466 cm³/mol. The van der Waals surface area contributed by atoms with Gasteiger partial charge in [-0.2, -0.15) is 0 Å². The number of aromatic carboxylic acids is 1. The molecule has 1 heterocycles. The molecule has 30 heteroatoms. The molecule has 20 rings (SSSR count). The molecular formula is C98H62BrF14IN4O10. The number of hydrogen-bond acceptors (Lipinski definition) is 12. The van der Waals surface area contributed by atoms with Gasteiger partial charge in [0.2, 0.25) is 0 Å². The first-order chi connectivity index (χ1) is 60.7. The average molecular weight is 1930 g/mol. The molecule has 14 nitrogen and oxygen atoms in total. The number of benzene rings is 14. The van der Waals surface area contributed by atoms with Crippen molar-refractivity contribution in [2.24, 2.45) is 0 Å². The number of carboxylic acids is 1. The molecule has 0 spiro atoms. The lowest BCUT2D eigenvalue weighted by molar-refractivity contribution is -0.385. The Hall–Kier alpha value is -14.2. The number of nitrogens with zero attached hydrogens (tertiary/aromatic N) is 1. The molecule has 6 aliphatic rings. The predicted octanol–water partition coefficient (Wildman–Crippen LogP) is 24.9. The van der Waals surface area contributed by atoms with Crippen LogP contribution in [0.1, 0.15) is 123 Å². The number of methoxy groups -OCH3 is 1. The Labute approximate surface area is 740 Å². The molecule has 1 unspecified atom stereocenters. The minimum absolute atomic E-state index is 0.00870. The lowest BCUT2D eigenvalue weighted by Gasteiger charge is -2.32. The molecule has 1 atom stereocenters. The number of esters is 1. The van der Waals surface area contributed by atoms with Crippen molar-refractivity contribution in [3.05, 3.63) is 415 Å². The number of carbonyl (C=O) groups is 5. The Morgan fingerprint density at radius 1 is 0.445 bits per heavy atom. The number of aliphatic hydroxyl groups excluding tert-OH is 1. The molecule has 0 saturated carbocycles. The summed E-state index contributed by atoms with van der Waals surface area (Å²) in [5.74, 6) is -9.86. The number of nitrogen functional groups attached to an aromatic ring is 2. The van der Waals surface area contributed by atoms with E-state index in [1.807, 2.05) is 55.5 Å². The van der Waals surface area contributed by atoms with E-state index in [9.17, 15) is 96.3 Å². The minimum atomic E-state index is -1.29. The smallest absolute Gasteiger partial charge is 0.339 e. The van der Waals surface area contributed by atoms with E-state index >= 15 is 4.39 Å². The number of anilines is 3. The third-order valence-electron chi connectivity index (χ3n) is 20.7. The highest BCUT2D eigenvalue weighted by atomic mass is 127. The van der Waals surface area contributed by atoms with Crippen molar-refractivity contribution in [2.45, 2.75) is 38.8 Å². The number of nitrogens with two attached hydrogens (primary N) is 2. The first-order valence-corrected chi connectivity index (χ1v) is 39.9. The number of halogens is 16. The first-order valence-electron chi connectivity index (χ1n) is 38.0. The third kappa shape index (κ3) is 19.0. The Morgan fingerprint density at radius 3 is 1.45 bits per heavy atom. The summed E-state index contributed by atoms with van der Waals surface area (Å²) in [4.78, 5) is 67.6. The van der Waals surface area contributed by atoms with Crippen LogP contribution in [-0.4, -0.2) is 57.1 Å². The number of fused-ring (bicyclic) bond motifs is 16. The lowest BCUT2D eigenvalue weighted by Crippen LogP contribution is -2.32. The number of rotatable bonds is 4. The standard InChI is InChI=1S/C19H17F2NO.C13H5F2NO3.C13H7F2NO.C13H9F2N.C13H8F2O2.C13H6F2O.C8H6BrFO2.C6H4FI/c1-9-8-19(2,3)22-14-7-13-16(17(21)15(9)14)11-5-4-10(20)6-12(11)18(13)23;14-6-1-2-8-9(3-6)13(17)10-4-7(16(18)19)5-11(15)12(8)10;14-6-1-2-8-9(3-6)13(17)10-4-7(16)5-11(15)12(8)10;14-9-1-2-11-7(4-9)3-8-5-10(16)6-12(15)13(8)11;14-8-5-6-9(11(7-8)13(16)17)10-3-1-2-4-12(10)15;14-7-4-5-8-10(6-7)13(16)9-2-1-3-11(15)12(8)9;1-12-8(11)6-4-5(10)2-3-7(6)9;7-5-3-1-2-4-6(5)8/h4-8,18,22-23H,1-3H3;1-5H;1-5H,16H2;1-2,4-6H,3,16H2;1-7H,(H,16,17);1-6H;2-4H,1H3;1-4H. The number of ketones is 3. The van der Waals surface area contributed by atoms with E-state index in [1.54, 1.807) is 42.5 Å². The largest absolute Gasteiger partial charge is 0.478 e. The van der Waals surface area contributed by atoms with Gasteiger partial charge < -0.3 is 31.7 Å². The molecule has 128 heavy (non-hydrogen) atoms.